The topological polar surface area (TPSA) is 46.6 Å². The highest BCUT2D eigenvalue weighted by atomic mass is 16.5. The van der Waals surface area contributed by atoms with Crippen LogP contribution in [-0.4, -0.2) is 30.4 Å². The van der Waals surface area contributed by atoms with E-state index in [2.05, 4.69) is 0 Å². The molecule has 0 N–H and O–H groups in total. The number of rotatable bonds is 5. The summed E-state index contributed by atoms with van der Waals surface area (Å²) in [5.74, 6) is 0.644. The van der Waals surface area contributed by atoms with Crippen LogP contribution in [0.15, 0.2) is 36.4 Å². The third-order valence-electron chi connectivity index (χ3n) is 4.62. The van der Waals surface area contributed by atoms with Crippen LogP contribution < -0.4 is 4.74 Å². The Morgan fingerprint density at radius 1 is 1.09 bits per heavy atom. The van der Waals surface area contributed by atoms with Crippen molar-refractivity contribution in [1.29, 1.82) is 0 Å². The summed E-state index contributed by atoms with van der Waals surface area (Å²) in [6.45, 7) is 0.503. The molecule has 4 nitrogen and oxygen atoms in total. The first-order chi connectivity index (χ1) is 10.7. The molecule has 2 aliphatic rings. The summed E-state index contributed by atoms with van der Waals surface area (Å²) in [5, 5.41) is 0. The Balaban J connectivity index is 1.60. The third-order valence-corrected chi connectivity index (χ3v) is 4.62. The number of hydrogen-bond donors (Lipinski definition) is 0. The van der Waals surface area contributed by atoms with Gasteiger partial charge in [-0.1, -0.05) is 30.4 Å². The van der Waals surface area contributed by atoms with Crippen LogP contribution in [-0.2, 0) is 16.0 Å². The van der Waals surface area contributed by atoms with Gasteiger partial charge in [0.1, 0.15) is 5.75 Å². The summed E-state index contributed by atoms with van der Waals surface area (Å²) in [6, 6.07) is 7.87. The first-order valence-corrected chi connectivity index (χ1v) is 7.84. The lowest BCUT2D eigenvalue weighted by Gasteiger charge is -2.15. The Morgan fingerprint density at radius 3 is 2.36 bits per heavy atom. The second kappa shape index (κ2) is 6.34. The van der Waals surface area contributed by atoms with Gasteiger partial charge >= 0.3 is 0 Å². The van der Waals surface area contributed by atoms with E-state index in [1.807, 2.05) is 36.4 Å². The van der Waals surface area contributed by atoms with Gasteiger partial charge in [-0.25, -0.2) is 0 Å². The van der Waals surface area contributed by atoms with Crippen molar-refractivity contribution in [2.45, 2.75) is 25.7 Å². The van der Waals surface area contributed by atoms with Crippen LogP contribution in [0.25, 0.3) is 0 Å². The molecule has 1 fully saturated rings. The van der Waals surface area contributed by atoms with Crippen molar-refractivity contribution in [3.63, 3.8) is 0 Å². The number of benzene rings is 1. The molecular formula is C18H21NO3. The molecule has 116 valence electrons. The highest BCUT2D eigenvalue weighted by molar-refractivity contribution is 6.05. The number of allylic oxidation sites excluding steroid dienone is 2. The molecule has 2 atom stereocenters. The Labute approximate surface area is 130 Å². The summed E-state index contributed by atoms with van der Waals surface area (Å²) in [6.07, 6.45) is 7.02. The molecule has 0 saturated carbocycles. The van der Waals surface area contributed by atoms with Crippen molar-refractivity contribution in [2.24, 2.45) is 11.8 Å². The van der Waals surface area contributed by atoms with Gasteiger partial charge in [0.25, 0.3) is 0 Å². The maximum absolute atomic E-state index is 12.4. The highest BCUT2D eigenvalue weighted by Crippen LogP contribution is 2.35. The van der Waals surface area contributed by atoms with E-state index >= 15 is 0 Å². The molecule has 1 aliphatic heterocycles. The molecule has 0 aromatic heterocycles. The molecule has 22 heavy (non-hydrogen) atoms. The summed E-state index contributed by atoms with van der Waals surface area (Å²) < 4.78 is 5.33. The lowest BCUT2D eigenvalue weighted by molar-refractivity contribution is -0.139. The monoisotopic (exact) mass is 299 g/mol. The number of fused-ring (bicyclic) bond motifs is 1. The summed E-state index contributed by atoms with van der Waals surface area (Å²) in [5.41, 5.74) is 1.11. The first-order valence-electron chi connectivity index (χ1n) is 7.84. The van der Waals surface area contributed by atoms with Crippen LogP contribution in [0, 0.1) is 11.8 Å². The van der Waals surface area contributed by atoms with Crippen LogP contribution in [0.5, 0.6) is 5.75 Å². The van der Waals surface area contributed by atoms with E-state index in [1.54, 1.807) is 7.11 Å². The third kappa shape index (κ3) is 2.65. The second-order valence-corrected chi connectivity index (χ2v) is 5.90. The van der Waals surface area contributed by atoms with E-state index in [9.17, 15) is 9.59 Å². The van der Waals surface area contributed by atoms with Gasteiger partial charge in [0.15, 0.2) is 0 Å². The number of amides is 2. The van der Waals surface area contributed by atoms with Gasteiger partial charge in [0, 0.05) is 6.54 Å². The van der Waals surface area contributed by atoms with Gasteiger partial charge in [-0.2, -0.15) is 0 Å². The Kier molecular flexibility index (Phi) is 4.27. The first kappa shape index (κ1) is 14.8. The SMILES string of the molecule is COc1ccccc1CCCN1C(=O)[C@H]2CC=CC[C@@H]2C1=O. The van der Waals surface area contributed by atoms with Crippen LogP contribution in [0.4, 0.5) is 0 Å². The molecular weight excluding hydrogens is 278 g/mol. The van der Waals surface area contributed by atoms with Crippen molar-refractivity contribution in [2.75, 3.05) is 13.7 Å². The van der Waals surface area contributed by atoms with E-state index in [1.165, 1.54) is 4.90 Å². The highest BCUT2D eigenvalue weighted by Gasteiger charge is 2.46. The number of nitrogens with zero attached hydrogens (tertiary/aromatic N) is 1. The van der Waals surface area contributed by atoms with E-state index in [0.29, 0.717) is 19.4 Å². The van der Waals surface area contributed by atoms with E-state index < -0.39 is 0 Å². The molecule has 3 rings (SSSR count). The average molecular weight is 299 g/mol. The molecule has 1 heterocycles. The number of carbonyl (C=O) groups is 2. The Hall–Kier alpha value is -2.10. The molecule has 1 saturated heterocycles. The predicted molar refractivity (Wildman–Crippen MR) is 83.4 cm³/mol. The van der Waals surface area contributed by atoms with E-state index in [0.717, 1.165) is 24.2 Å². The fourth-order valence-corrected chi connectivity index (χ4v) is 3.43. The van der Waals surface area contributed by atoms with Crippen molar-refractivity contribution in [3.8, 4) is 5.75 Å². The minimum absolute atomic E-state index is 0.0133. The summed E-state index contributed by atoms with van der Waals surface area (Å²) >= 11 is 0. The fraction of sp³-hybridized carbons (Fsp3) is 0.444. The number of imide groups is 1. The molecule has 1 aliphatic carbocycles. The zero-order valence-corrected chi connectivity index (χ0v) is 12.8. The summed E-state index contributed by atoms with van der Waals surface area (Å²) in [4.78, 5) is 26.2. The molecule has 1 aromatic carbocycles. The molecule has 2 amide bonds. The fourth-order valence-electron chi connectivity index (χ4n) is 3.43. The number of likely N-dealkylation sites (tertiary alicyclic amines) is 1. The summed E-state index contributed by atoms with van der Waals surface area (Å²) in [7, 11) is 1.66. The largest absolute Gasteiger partial charge is 0.496 e. The molecule has 0 bridgehead atoms. The standard InChI is InChI=1S/C18H21NO3/c1-22-16-11-5-2-7-13(16)8-6-12-19-17(20)14-9-3-4-10-15(14)18(19)21/h2-5,7,11,14-15H,6,8-10,12H2,1H3/t14-,15-/m0/s1. The maximum Gasteiger partial charge on any atom is 0.233 e. The quantitative estimate of drug-likeness (QED) is 0.620. The number of carbonyl (C=O) groups excluding carboxylic acids is 2. The normalized spacial score (nSPS) is 23.8. The van der Waals surface area contributed by atoms with Crippen LogP contribution in [0.1, 0.15) is 24.8 Å². The molecule has 0 spiro atoms. The zero-order chi connectivity index (χ0) is 15.5. The maximum atomic E-state index is 12.4. The molecule has 1 aromatic rings. The molecule has 0 radical (unpaired) electrons. The van der Waals surface area contributed by atoms with Gasteiger partial charge in [0.2, 0.25) is 11.8 Å². The van der Waals surface area contributed by atoms with E-state index in [4.69, 9.17) is 4.74 Å². The minimum Gasteiger partial charge on any atom is -0.496 e. The van der Waals surface area contributed by atoms with Crippen molar-refractivity contribution in [1.82, 2.24) is 4.90 Å². The predicted octanol–water partition coefficient (Wildman–Crippen LogP) is 2.58. The van der Waals surface area contributed by atoms with Crippen molar-refractivity contribution >= 4 is 11.8 Å². The van der Waals surface area contributed by atoms with Crippen LogP contribution >= 0.6 is 0 Å². The average Bonchev–Trinajstić information content (AvgIpc) is 2.80. The number of ether oxygens (including phenoxy) is 1. The number of methoxy groups -OCH3 is 1. The van der Waals surface area contributed by atoms with Gasteiger partial charge in [-0.05, 0) is 37.3 Å². The Bertz CT molecular complexity index is 582. The van der Waals surface area contributed by atoms with E-state index in [-0.39, 0.29) is 23.7 Å². The number of aryl methyl sites for hydroxylation is 1. The van der Waals surface area contributed by atoms with Gasteiger partial charge in [-0.15, -0.1) is 0 Å². The second-order valence-electron chi connectivity index (χ2n) is 5.90. The van der Waals surface area contributed by atoms with Crippen LogP contribution in [0.3, 0.4) is 0 Å². The van der Waals surface area contributed by atoms with Gasteiger partial charge in [-0.3, -0.25) is 14.5 Å². The van der Waals surface area contributed by atoms with Gasteiger partial charge < -0.3 is 4.74 Å². The minimum atomic E-state index is -0.122. The van der Waals surface area contributed by atoms with Crippen LogP contribution in [0.2, 0.25) is 0 Å². The zero-order valence-electron chi connectivity index (χ0n) is 12.8. The van der Waals surface area contributed by atoms with Gasteiger partial charge in [0.05, 0.1) is 18.9 Å². The number of hydrogen-bond acceptors (Lipinski definition) is 3. The Morgan fingerprint density at radius 2 is 1.73 bits per heavy atom. The van der Waals surface area contributed by atoms with Crippen molar-refractivity contribution in [3.05, 3.63) is 42.0 Å². The molecule has 0 unspecified atom stereocenters. The molecule has 4 heteroatoms. The smallest absolute Gasteiger partial charge is 0.233 e. The lowest BCUT2D eigenvalue weighted by atomic mass is 9.85. The van der Waals surface area contributed by atoms with Crippen molar-refractivity contribution < 1.29 is 14.3 Å². The lowest BCUT2D eigenvalue weighted by Crippen LogP contribution is -2.32. The number of para-hydroxylation sites is 1.